The Balaban J connectivity index is 1.93. The van der Waals surface area contributed by atoms with E-state index in [1.54, 1.807) is 6.07 Å². The Kier molecular flexibility index (Phi) is 5.81. The minimum absolute atomic E-state index is 0.442. The van der Waals surface area contributed by atoms with E-state index >= 15 is 0 Å². The molecule has 0 atom stereocenters. The van der Waals surface area contributed by atoms with E-state index in [0.29, 0.717) is 12.5 Å². The predicted octanol–water partition coefficient (Wildman–Crippen LogP) is 3.51. The van der Waals surface area contributed by atoms with Gasteiger partial charge in [-0.25, -0.2) is 4.79 Å². The number of benzene rings is 1. The Hall–Kier alpha value is -1.81. The third-order valence-electron chi connectivity index (χ3n) is 3.54. The highest BCUT2D eigenvalue weighted by Crippen LogP contribution is 2.29. The Bertz CT molecular complexity index is 499. The normalized spacial score (nSPS) is 14.1. The smallest absolute Gasteiger partial charge is 0.335 e. The van der Waals surface area contributed by atoms with Gasteiger partial charge in [0, 0.05) is 24.7 Å². The lowest BCUT2D eigenvalue weighted by molar-refractivity contribution is -0.128. The summed E-state index contributed by atoms with van der Waals surface area (Å²) in [6.45, 7) is 8.11. The highest BCUT2D eigenvalue weighted by molar-refractivity contribution is 5.83. The van der Waals surface area contributed by atoms with Crippen molar-refractivity contribution in [3.8, 4) is 11.5 Å². The van der Waals surface area contributed by atoms with Gasteiger partial charge in [0.15, 0.2) is 0 Å². The van der Waals surface area contributed by atoms with Gasteiger partial charge in [0.25, 0.3) is 0 Å². The first kappa shape index (κ1) is 15.6. The van der Waals surface area contributed by atoms with E-state index in [2.05, 4.69) is 18.4 Å². The van der Waals surface area contributed by atoms with Crippen LogP contribution in [0.3, 0.4) is 0 Å². The second-order valence-corrected chi connectivity index (χ2v) is 5.28. The summed E-state index contributed by atoms with van der Waals surface area (Å²) in [5, 5.41) is 0. The number of nitrogens with zero attached hydrogens (tertiary/aromatic N) is 1. The van der Waals surface area contributed by atoms with Crippen LogP contribution in [-0.2, 0) is 11.3 Å². The average Bonchev–Trinajstić information content (AvgIpc) is 2.51. The molecule has 0 spiro atoms. The number of hydrogen-bond acceptors (Lipinski definition) is 4. The number of unbranched alkanes of at least 4 members (excludes halogenated alkanes) is 3. The van der Waals surface area contributed by atoms with E-state index < -0.39 is 5.97 Å². The third-order valence-corrected chi connectivity index (χ3v) is 3.54. The minimum atomic E-state index is -0.442. The predicted molar refractivity (Wildman–Crippen MR) is 82.3 cm³/mol. The van der Waals surface area contributed by atoms with Crippen molar-refractivity contribution in [2.75, 3.05) is 13.3 Å². The van der Waals surface area contributed by atoms with Gasteiger partial charge in [-0.1, -0.05) is 32.8 Å². The summed E-state index contributed by atoms with van der Waals surface area (Å²) >= 11 is 0. The van der Waals surface area contributed by atoms with Crippen molar-refractivity contribution in [1.29, 1.82) is 0 Å². The number of hydrogen-bond donors (Lipinski definition) is 0. The van der Waals surface area contributed by atoms with Crippen molar-refractivity contribution in [2.45, 2.75) is 39.2 Å². The third kappa shape index (κ3) is 4.60. The zero-order chi connectivity index (χ0) is 15.1. The monoisotopic (exact) mass is 289 g/mol. The number of carbonyl (C=O) groups excluding carboxylic acids is 1. The Morgan fingerprint density at radius 1 is 1.43 bits per heavy atom. The minimum Gasteiger partial charge on any atom is -0.478 e. The van der Waals surface area contributed by atoms with Gasteiger partial charge in [-0.2, -0.15) is 0 Å². The number of esters is 1. The van der Waals surface area contributed by atoms with Crippen LogP contribution in [0.25, 0.3) is 0 Å². The second kappa shape index (κ2) is 7.84. The fourth-order valence-electron chi connectivity index (χ4n) is 2.39. The molecule has 0 aliphatic carbocycles. The van der Waals surface area contributed by atoms with Crippen molar-refractivity contribution >= 4 is 5.97 Å². The lowest BCUT2D eigenvalue weighted by Gasteiger charge is -2.29. The fourth-order valence-corrected chi connectivity index (χ4v) is 2.39. The van der Waals surface area contributed by atoms with Crippen LogP contribution in [0.1, 0.15) is 38.2 Å². The van der Waals surface area contributed by atoms with Gasteiger partial charge >= 0.3 is 5.97 Å². The van der Waals surface area contributed by atoms with E-state index in [9.17, 15) is 4.79 Å². The lowest BCUT2D eigenvalue weighted by atomic mass is 10.1. The molecule has 0 unspecified atom stereocenters. The van der Waals surface area contributed by atoms with Gasteiger partial charge in [-0.15, -0.1) is 0 Å². The van der Waals surface area contributed by atoms with Gasteiger partial charge in [0.1, 0.15) is 18.2 Å². The molecular formula is C17H23NO3. The zero-order valence-electron chi connectivity index (χ0n) is 12.6. The molecule has 0 aromatic heterocycles. The molecule has 1 heterocycles. The van der Waals surface area contributed by atoms with Crippen LogP contribution in [0, 0.1) is 0 Å². The second-order valence-electron chi connectivity index (χ2n) is 5.28. The standard InChI is InChI=1S/C17H23NO3/c1-3-5-6-7-10-18-12-14-11-15(21-17(19)4-2)8-9-16(14)20-13-18/h4,8-9,11H,2-3,5-7,10,12-13H2,1H3. The molecule has 0 saturated heterocycles. The van der Waals surface area contributed by atoms with E-state index in [4.69, 9.17) is 9.47 Å². The van der Waals surface area contributed by atoms with Crippen LogP contribution >= 0.6 is 0 Å². The van der Waals surface area contributed by atoms with Gasteiger partial charge in [0.2, 0.25) is 0 Å². The van der Waals surface area contributed by atoms with Gasteiger partial charge in [-0.05, 0) is 24.6 Å². The number of carbonyl (C=O) groups is 1. The molecule has 0 bridgehead atoms. The maximum absolute atomic E-state index is 11.2. The largest absolute Gasteiger partial charge is 0.478 e. The molecule has 0 saturated carbocycles. The van der Waals surface area contributed by atoms with Crippen molar-refractivity contribution in [2.24, 2.45) is 0 Å². The van der Waals surface area contributed by atoms with Crippen molar-refractivity contribution < 1.29 is 14.3 Å². The molecule has 0 radical (unpaired) electrons. The summed E-state index contributed by atoms with van der Waals surface area (Å²) in [4.78, 5) is 13.5. The fraction of sp³-hybridized carbons (Fsp3) is 0.471. The van der Waals surface area contributed by atoms with Crippen LogP contribution in [0.5, 0.6) is 11.5 Å². The maximum atomic E-state index is 11.2. The molecule has 1 aliphatic heterocycles. The van der Waals surface area contributed by atoms with Crippen LogP contribution < -0.4 is 9.47 Å². The first-order valence-electron chi connectivity index (χ1n) is 7.55. The molecule has 4 heteroatoms. The zero-order valence-corrected chi connectivity index (χ0v) is 12.6. The van der Waals surface area contributed by atoms with Gasteiger partial charge in [-0.3, -0.25) is 4.90 Å². The summed E-state index contributed by atoms with van der Waals surface area (Å²) in [6, 6.07) is 5.47. The van der Waals surface area contributed by atoms with E-state index in [-0.39, 0.29) is 0 Å². The molecule has 1 aliphatic rings. The van der Waals surface area contributed by atoms with Crippen LogP contribution in [0.4, 0.5) is 0 Å². The Morgan fingerprint density at radius 3 is 3.05 bits per heavy atom. The molecule has 0 amide bonds. The Morgan fingerprint density at radius 2 is 2.29 bits per heavy atom. The van der Waals surface area contributed by atoms with Gasteiger partial charge in [0.05, 0.1) is 0 Å². The molecule has 21 heavy (non-hydrogen) atoms. The maximum Gasteiger partial charge on any atom is 0.335 e. The Labute approximate surface area is 126 Å². The molecule has 114 valence electrons. The van der Waals surface area contributed by atoms with Crippen LogP contribution in [0.2, 0.25) is 0 Å². The summed E-state index contributed by atoms with van der Waals surface area (Å²) in [6.07, 6.45) is 6.15. The van der Waals surface area contributed by atoms with Crippen molar-refractivity contribution in [1.82, 2.24) is 4.90 Å². The van der Waals surface area contributed by atoms with Gasteiger partial charge < -0.3 is 9.47 Å². The molecule has 4 nitrogen and oxygen atoms in total. The summed E-state index contributed by atoms with van der Waals surface area (Å²) in [5.74, 6) is 0.969. The summed E-state index contributed by atoms with van der Waals surface area (Å²) in [5.41, 5.74) is 1.06. The number of rotatable bonds is 7. The summed E-state index contributed by atoms with van der Waals surface area (Å²) in [7, 11) is 0. The molecule has 1 aromatic rings. The quantitative estimate of drug-likeness (QED) is 0.333. The van der Waals surface area contributed by atoms with Crippen molar-refractivity contribution in [3.63, 3.8) is 0 Å². The highest BCUT2D eigenvalue weighted by atomic mass is 16.5. The van der Waals surface area contributed by atoms with Crippen molar-refractivity contribution in [3.05, 3.63) is 36.4 Å². The van der Waals surface area contributed by atoms with E-state index in [1.807, 2.05) is 12.1 Å². The molecule has 0 fully saturated rings. The van der Waals surface area contributed by atoms with E-state index in [0.717, 1.165) is 30.5 Å². The first-order valence-corrected chi connectivity index (χ1v) is 7.55. The topological polar surface area (TPSA) is 38.8 Å². The lowest BCUT2D eigenvalue weighted by Crippen LogP contribution is -2.32. The molecule has 1 aromatic carbocycles. The molecular weight excluding hydrogens is 266 g/mol. The average molecular weight is 289 g/mol. The van der Waals surface area contributed by atoms with E-state index in [1.165, 1.54) is 25.7 Å². The molecule has 2 rings (SSSR count). The summed E-state index contributed by atoms with van der Waals surface area (Å²) < 4.78 is 10.9. The number of ether oxygens (including phenoxy) is 2. The number of fused-ring (bicyclic) bond motifs is 1. The SMILES string of the molecule is C=CC(=O)Oc1ccc2c(c1)CN(CCCCCC)CO2. The molecule has 0 N–H and O–H groups in total. The highest BCUT2D eigenvalue weighted by Gasteiger charge is 2.17. The van der Waals surface area contributed by atoms with Crippen LogP contribution in [-0.4, -0.2) is 24.1 Å². The van der Waals surface area contributed by atoms with Crippen LogP contribution in [0.15, 0.2) is 30.9 Å². The first-order chi connectivity index (χ1) is 10.2.